The largest absolute Gasteiger partial charge is 0.339 e. The number of urea groups is 1. The number of hydrogen-bond donors (Lipinski definition) is 2. The summed E-state index contributed by atoms with van der Waals surface area (Å²) < 4.78 is 5.19. The third-order valence-electron chi connectivity index (χ3n) is 4.10. The molecule has 0 bridgehead atoms. The molecule has 9 heteroatoms. The van der Waals surface area contributed by atoms with Crippen LogP contribution in [-0.2, 0) is 11.2 Å². The van der Waals surface area contributed by atoms with Crippen molar-refractivity contribution in [3.8, 4) is 10.7 Å². The van der Waals surface area contributed by atoms with Crippen LogP contribution >= 0.6 is 11.3 Å². The summed E-state index contributed by atoms with van der Waals surface area (Å²) in [7, 11) is 0. The summed E-state index contributed by atoms with van der Waals surface area (Å²) in [6.45, 7) is 1.28. The zero-order valence-electron chi connectivity index (χ0n) is 14.3. The van der Waals surface area contributed by atoms with Gasteiger partial charge in [0.05, 0.1) is 4.88 Å². The molecule has 0 saturated carbocycles. The van der Waals surface area contributed by atoms with Crippen LogP contribution in [0.15, 0.2) is 46.3 Å². The molecule has 0 unspecified atom stereocenters. The summed E-state index contributed by atoms with van der Waals surface area (Å²) in [5.74, 6) is 0.837. The van der Waals surface area contributed by atoms with Crippen molar-refractivity contribution < 1.29 is 14.1 Å². The predicted octanol–water partition coefficient (Wildman–Crippen LogP) is 2.90. The second-order valence-corrected chi connectivity index (χ2v) is 6.92. The first-order chi connectivity index (χ1) is 13.2. The first-order valence-electron chi connectivity index (χ1n) is 8.51. The zero-order chi connectivity index (χ0) is 18.6. The van der Waals surface area contributed by atoms with Gasteiger partial charge < -0.3 is 15.2 Å². The second kappa shape index (κ2) is 7.58. The number of benzene rings is 1. The van der Waals surface area contributed by atoms with Crippen molar-refractivity contribution in [2.24, 2.45) is 0 Å². The molecule has 3 amide bonds. The fraction of sp³-hybridized carbons (Fsp3) is 0.222. The quantitative estimate of drug-likeness (QED) is 0.682. The van der Waals surface area contributed by atoms with Crippen LogP contribution in [-0.4, -0.2) is 35.2 Å². The van der Waals surface area contributed by atoms with E-state index in [2.05, 4.69) is 20.8 Å². The van der Waals surface area contributed by atoms with Crippen molar-refractivity contribution in [2.45, 2.75) is 12.8 Å². The van der Waals surface area contributed by atoms with Crippen molar-refractivity contribution in [1.29, 1.82) is 0 Å². The highest BCUT2D eigenvalue weighted by Crippen LogP contribution is 2.22. The minimum absolute atomic E-state index is 0.103. The van der Waals surface area contributed by atoms with E-state index >= 15 is 0 Å². The number of nitrogens with one attached hydrogen (secondary N) is 2. The lowest BCUT2D eigenvalue weighted by Gasteiger charge is -2.14. The average molecular weight is 383 g/mol. The van der Waals surface area contributed by atoms with E-state index in [1.54, 1.807) is 17.0 Å². The Morgan fingerprint density at radius 1 is 1.30 bits per heavy atom. The van der Waals surface area contributed by atoms with Gasteiger partial charge in [-0.05, 0) is 35.7 Å². The Morgan fingerprint density at radius 3 is 2.85 bits per heavy atom. The summed E-state index contributed by atoms with van der Waals surface area (Å²) in [6, 6.07) is 10.9. The number of nitrogens with zero attached hydrogens (tertiary/aromatic N) is 3. The normalized spacial score (nSPS) is 13.6. The van der Waals surface area contributed by atoms with E-state index in [9.17, 15) is 9.59 Å². The maximum absolute atomic E-state index is 12.1. The Labute approximate surface area is 159 Å². The maximum atomic E-state index is 12.1. The molecule has 1 aliphatic heterocycles. The fourth-order valence-electron chi connectivity index (χ4n) is 2.75. The van der Waals surface area contributed by atoms with Gasteiger partial charge in [-0.2, -0.15) is 4.98 Å². The molecule has 1 aliphatic rings. The van der Waals surface area contributed by atoms with Crippen LogP contribution in [0.4, 0.5) is 16.2 Å². The molecule has 2 N–H and O–H groups in total. The van der Waals surface area contributed by atoms with Crippen molar-refractivity contribution in [3.05, 3.63) is 47.7 Å². The van der Waals surface area contributed by atoms with Gasteiger partial charge in [-0.15, -0.1) is 11.3 Å². The van der Waals surface area contributed by atoms with Crippen LogP contribution in [0.3, 0.4) is 0 Å². The van der Waals surface area contributed by atoms with E-state index < -0.39 is 0 Å². The van der Waals surface area contributed by atoms with Crippen LogP contribution in [0.2, 0.25) is 0 Å². The molecule has 27 heavy (non-hydrogen) atoms. The van der Waals surface area contributed by atoms with Gasteiger partial charge in [0.2, 0.25) is 17.6 Å². The van der Waals surface area contributed by atoms with Crippen molar-refractivity contribution in [1.82, 2.24) is 15.5 Å². The summed E-state index contributed by atoms with van der Waals surface area (Å²) in [6.07, 6.45) is 0.610. The zero-order valence-corrected chi connectivity index (χ0v) is 15.2. The van der Waals surface area contributed by atoms with Gasteiger partial charge in [0.1, 0.15) is 0 Å². The van der Waals surface area contributed by atoms with E-state index in [0.29, 0.717) is 36.9 Å². The summed E-state index contributed by atoms with van der Waals surface area (Å²) >= 11 is 1.53. The second-order valence-electron chi connectivity index (χ2n) is 5.97. The molecule has 1 fully saturated rings. The summed E-state index contributed by atoms with van der Waals surface area (Å²) in [4.78, 5) is 30.7. The van der Waals surface area contributed by atoms with Crippen molar-refractivity contribution in [2.75, 3.05) is 23.3 Å². The minimum atomic E-state index is -0.141. The third kappa shape index (κ3) is 3.98. The maximum Gasteiger partial charge on any atom is 0.321 e. The van der Waals surface area contributed by atoms with Crippen LogP contribution in [0.25, 0.3) is 10.7 Å². The topological polar surface area (TPSA) is 100 Å². The molecule has 4 rings (SSSR count). The van der Waals surface area contributed by atoms with Crippen molar-refractivity contribution >= 4 is 34.6 Å². The number of carbonyl (C=O) groups is 2. The molecule has 3 aromatic rings. The van der Waals surface area contributed by atoms with Crippen LogP contribution < -0.4 is 15.5 Å². The summed E-state index contributed by atoms with van der Waals surface area (Å²) in [5, 5.41) is 11.5. The Morgan fingerprint density at radius 2 is 2.15 bits per heavy atom. The van der Waals surface area contributed by atoms with Gasteiger partial charge >= 0.3 is 6.03 Å². The molecule has 3 heterocycles. The Balaban J connectivity index is 1.30. The number of rotatable bonds is 6. The van der Waals surface area contributed by atoms with E-state index in [1.165, 1.54) is 11.3 Å². The van der Waals surface area contributed by atoms with Gasteiger partial charge in [-0.3, -0.25) is 9.69 Å². The van der Waals surface area contributed by atoms with Gasteiger partial charge in [-0.1, -0.05) is 11.2 Å². The molecule has 1 aromatic carbocycles. The first kappa shape index (κ1) is 17.2. The first-order valence-corrected chi connectivity index (χ1v) is 9.39. The number of aryl methyl sites for hydroxylation is 1. The third-order valence-corrected chi connectivity index (χ3v) is 4.96. The molecule has 1 saturated heterocycles. The highest BCUT2D eigenvalue weighted by atomic mass is 32.1. The minimum Gasteiger partial charge on any atom is -0.339 e. The Bertz CT molecular complexity index is 936. The highest BCUT2D eigenvalue weighted by Gasteiger charge is 2.20. The van der Waals surface area contributed by atoms with Crippen LogP contribution in [0.1, 0.15) is 12.3 Å². The highest BCUT2D eigenvalue weighted by molar-refractivity contribution is 7.13. The molecule has 2 aromatic heterocycles. The average Bonchev–Trinajstić information content (AvgIpc) is 3.42. The molecule has 0 aliphatic carbocycles. The number of hydrogen-bond acceptors (Lipinski definition) is 6. The predicted molar refractivity (Wildman–Crippen MR) is 102 cm³/mol. The number of carbonyl (C=O) groups excluding carboxylic acids is 2. The monoisotopic (exact) mass is 383 g/mol. The van der Waals surface area contributed by atoms with E-state index in [1.807, 2.05) is 29.6 Å². The van der Waals surface area contributed by atoms with Gasteiger partial charge in [-0.25, -0.2) is 4.79 Å². The molecular weight excluding hydrogens is 366 g/mol. The molecule has 0 radical (unpaired) electrons. The number of amides is 3. The van der Waals surface area contributed by atoms with Gasteiger partial charge in [0, 0.05) is 37.3 Å². The lowest BCUT2D eigenvalue weighted by Crippen LogP contribution is -2.27. The number of aromatic nitrogens is 2. The van der Waals surface area contributed by atoms with E-state index in [-0.39, 0.29) is 18.4 Å². The summed E-state index contributed by atoms with van der Waals surface area (Å²) in [5.41, 5.74) is 1.48. The van der Waals surface area contributed by atoms with Crippen LogP contribution in [0.5, 0.6) is 0 Å². The molecule has 0 spiro atoms. The molecule has 8 nitrogen and oxygen atoms in total. The number of anilines is 2. The van der Waals surface area contributed by atoms with Crippen LogP contribution in [0, 0.1) is 0 Å². The lowest BCUT2D eigenvalue weighted by molar-refractivity contribution is -0.116. The van der Waals surface area contributed by atoms with Gasteiger partial charge in [0.25, 0.3) is 0 Å². The van der Waals surface area contributed by atoms with E-state index in [0.717, 1.165) is 10.6 Å². The fourth-order valence-corrected chi connectivity index (χ4v) is 3.40. The van der Waals surface area contributed by atoms with Gasteiger partial charge in [0.15, 0.2) is 0 Å². The molecule has 0 atom stereocenters. The SMILES string of the molecule is O=C(CCc1nc(-c2cccs2)no1)Nc1ccc(N2CCNC2=O)cc1. The Kier molecular flexibility index (Phi) is 4.84. The lowest BCUT2D eigenvalue weighted by atomic mass is 10.2. The van der Waals surface area contributed by atoms with E-state index in [4.69, 9.17) is 4.52 Å². The van der Waals surface area contributed by atoms with Crippen molar-refractivity contribution in [3.63, 3.8) is 0 Å². The molecular formula is C18H17N5O3S. The molecule has 138 valence electrons. The Hall–Kier alpha value is -3.20. The smallest absolute Gasteiger partial charge is 0.321 e. The standard InChI is InChI=1S/C18H17N5O3S/c24-15(7-8-16-21-17(22-26-16)14-2-1-11-27-14)20-12-3-5-13(6-4-12)23-10-9-19-18(23)25/h1-6,11H,7-10H2,(H,19,25)(H,20,24). The number of thiophene rings is 1.